The van der Waals surface area contributed by atoms with Crippen molar-refractivity contribution in [2.75, 3.05) is 14.2 Å². The van der Waals surface area contributed by atoms with E-state index in [-0.39, 0.29) is 0 Å². The predicted octanol–water partition coefficient (Wildman–Crippen LogP) is 0.880. The molecule has 2 aromatic rings. The van der Waals surface area contributed by atoms with Crippen molar-refractivity contribution in [3.8, 4) is 0 Å². The number of ether oxygens (including phenoxy) is 1. The maximum Gasteiger partial charge on any atom is 0.240 e. The van der Waals surface area contributed by atoms with Crippen LogP contribution in [-0.4, -0.2) is 39.4 Å². The summed E-state index contributed by atoms with van der Waals surface area (Å²) in [6, 6.07) is 0. The molecule has 18 heavy (non-hydrogen) atoms. The molecule has 0 aliphatic carbocycles. The summed E-state index contributed by atoms with van der Waals surface area (Å²) in [5.74, 6) is 1.16. The molecule has 0 atom stereocenters. The summed E-state index contributed by atoms with van der Waals surface area (Å²) >= 11 is 0. The molecule has 0 unspecified atom stereocenters. The van der Waals surface area contributed by atoms with E-state index in [0.717, 1.165) is 17.8 Å². The average molecular weight is 251 g/mol. The van der Waals surface area contributed by atoms with E-state index >= 15 is 0 Å². The Morgan fingerprint density at radius 1 is 1.44 bits per heavy atom. The number of hydrogen-bond acceptors (Lipinski definition) is 6. The van der Waals surface area contributed by atoms with Gasteiger partial charge in [0.05, 0.1) is 12.7 Å². The van der Waals surface area contributed by atoms with Crippen molar-refractivity contribution in [3.05, 3.63) is 29.2 Å². The summed E-state index contributed by atoms with van der Waals surface area (Å²) in [6.07, 6.45) is 1.83. The molecule has 7 heteroatoms. The van der Waals surface area contributed by atoms with Gasteiger partial charge in [0.15, 0.2) is 5.82 Å². The molecule has 2 heterocycles. The summed E-state index contributed by atoms with van der Waals surface area (Å²) in [5.41, 5.74) is 2.24. The number of aromatic nitrogens is 4. The highest BCUT2D eigenvalue weighted by atomic mass is 16.5. The molecule has 0 aliphatic rings. The summed E-state index contributed by atoms with van der Waals surface area (Å²) < 4.78 is 10.1. The average Bonchev–Trinajstić information content (AvgIpc) is 2.90. The number of rotatable bonds is 6. The fraction of sp³-hybridized carbons (Fsp3) is 0.545. The van der Waals surface area contributed by atoms with Crippen molar-refractivity contribution in [1.82, 2.24) is 25.2 Å². The third kappa shape index (κ3) is 3.14. The Morgan fingerprint density at radius 2 is 2.28 bits per heavy atom. The maximum absolute atomic E-state index is 5.13. The van der Waals surface area contributed by atoms with E-state index in [1.165, 1.54) is 0 Å². The van der Waals surface area contributed by atoms with Crippen LogP contribution in [0.5, 0.6) is 0 Å². The van der Waals surface area contributed by atoms with E-state index in [2.05, 4.69) is 25.2 Å². The second-order valence-corrected chi connectivity index (χ2v) is 4.23. The summed E-state index contributed by atoms with van der Waals surface area (Å²) in [6.45, 7) is 3.75. The molecule has 0 radical (unpaired) electrons. The largest absolute Gasteiger partial charge is 0.377 e. The van der Waals surface area contributed by atoms with Crippen molar-refractivity contribution in [2.24, 2.45) is 0 Å². The second-order valence-electron chi connectivity index (χ2n) is 4.23. The molecule has 98 valence electrons. The van der Waals surface area contributed by atoms with Gasteiger partial charge >= 0.3 is 0 Å². The number of H-pyrrole nitrogens is 1. The van der Waals surface area contributed by atoms with Crippen LogP contribution in [0.15, 0.2) is 10.7 Å². The third-order valence-electron chi connectivity index (χ3n) is 2.56. The molecule has 2 rings (SSSR count). The highest BCUT2D eigenvalue weighted by Crippen LogP contribution is 2.09. The Morgan fingerprint density at radius 3 is 2.94 bits per heavy atom. The van der Waals surface area contributed by atoms with E-state index in [0.29, 0.717) is 24.9 Å². The SMILES string of the molecule is COCc1noc(CN(C)Cc2cn[nH]c2C)n1. The summed E-state index contributed by atoms with van der Waals surface area (Å²) in [7, 11) is 3.59. The molecule has 0 aliphatic heterocycles. The van der Waals surface area contributed by atoms with Gasteiger partial charge in [-0.2, -0.15) is 10.1 Å². The quantitative estimate of drug-likeness (QED) is 0.821. The molecule has 0 aromatic carbocycles. The van der Waals surface area contributed by atoms with Gasteiger partial charge in [-0.15, -0.1) is 0 Å². The molecular formula is C11H17N5O2. The maximum atomic E-state index is 5.13. The Bertz CT molecular complexity index is 493. The van der Waals surface area contributed by atoms with Crippen molar-refractivity contribution in [1.29, 1.82) is 0 Å². The van der Waals surface area contributed by atoms with E-state index in [1.54, 1.807) is 7.11 Å². The Balaban J connectivity index is 1.90. The molecule has 0 spiro atoms. The summed E-state index contributed by atoms with van der Waals surface area (Å²) in [5, 5.41) is 10.7. The van der Waals surface area contributed by atoms with E-state index in [9.17, 15) is 0 Å². The van der Waals surface area contributed by atoms with Gasteiger partial charge in [-0.1, -0.05) is 5.16 Å². The van der Waals surface area contributed by atoms with E-state index in [4.69, 9.17) is 9.26 Å². The van der Waals surface area contributed by atoms with E-state index < -0.39 is 0 Å². The summed E-state index contributed by atoms with van der Waals surface area (Å²) in [4.78, 5) is 6.31. The molecule has 0 saturated carbocycles. The van der Waals surface area contributed by atoms with Gasteiger partial charge in [-0.25, -0.2) is 0 Å². The molecule has 0 bridgehead atoms. The molecule has 0 saturated heterocycles. The third-order valence-corrected chi connectivity index (χ3v) is 2.56. The Kier molecular flexibility index (Phi) is 4.06. The van der Waals surface area contributed by atoms with Crippen LogP contribution in [0.3, 0.4) is 0 Å². The lowest BCUT2D eigenvalue weighted by Gasteiger charge is -2.13. The monoisotopic (exact) mass is 251 g/mol. The van der Waals surface area contributed by atoms with Gasteiger partial charge in [-0.05, 0) is 14.0 Å². The van der Waals surface area contributed by atoms with Crippen LogP contribution in [0, 0.1) is 6.92 Å². The zero-order chi connectivity index (χ0) is 13.0. The smallest absolute Gasteiger partial charge is 0.240 e. The minimum absolute atomic E-state index is 0.369. The van der Waals surface area contributed by atoms with Crippen LogP contribution in [0.1, 0.15) is 23.0 Å². The normalized spacial score (nSPS) is 11.3. The molecule has 7 nitrogen and oxygen atoms in total. The number of nitrogens with zero attached hydrogens (tertiary/aromatic N) is 4. The first-order valence-electron chi connectivity index (χ1n) is 5.67. The van der Waals surface area contributed by atoms with Crippen LogP contribution in [0.4, 0.5) is 0 Å². The second kappa shape index (κ2) is 5.74. The van der Waals surface area contributed by atoms with Crippen molar-refractivity contribution < 1.29 is 9.26 Å². The highest BCUT2D eigenvalue weighted by Gasteiger charge is 2.10. The zero-order valence-corrected chi connectivity index (χ0v) is 10.8. The lowest BCUT2D eigenvalue weighted by molar-refractivity contribution is 0.174. The number of hydrogen-bond donors (Lipinski definition) is 1. The predicted molar refractivity (Wildman–Crippen MR) is 63.5 cm³/mol. The van der Waals surface area contributed by atoms with Crippen LogP contribution < -0.4 is 0 Å². The van der Waals surface area contributed by atoms with Crippen LogP contribution in [0.2, 0.25) is 0 Å². The van der Waals surface area contributed by atoms with Gasteiger partial charge in [0.25, 0.3) is 0 Å². The fourth-order valence-electron chi connectivity index (χ4n) is 1.65. The minimum Gasteiger partial charge on any atom is -0.377 e. The zero-order valence-electron chi connectivity index (χ0n) is 10.8. The van der Waals surface area contributed by atoms with Crippen molar-refractivity contribution in [3.63, 3.8) is 0 Å². The van der Waals surface area contributed by atoms with Gasteiger partial charge in [0, 0.05) is 24.9 Å². The topological polar surface area (TPSA) is 80.1 Å². The minimum atomic E-state index is 0.369. The van der Waals surface area contributed by atoms with Crippen LogP contribution >= 0.6 is 0 Å². The van der Waals surface area contributed by atoms with E-state index in [1.807, 2.05) is 20.2 Å². The van der Waals surface area contributed by atoms with Crippen LogP contribution in [0.25, 0.3) is 0 Å². The first-order valence-corrected chi connectivity index (χ1v) is 5.67. The van der Waals surface area contributed by atoms with Crippen molar-refractivity contribution in [2.45, 2.75) is 26.6 Å². The molecule has 2 aromatic heterocycles. The first-order chi connectivity index (χ1) is 8.69. The lowest BCUT2D eigenvalue weighted by atomic mass is 10.2. The molecule has 1 N–H and O–H groups in total. The number of methoxy groups -OCH3 is 1. The Hall–Kier alpha value is -1.73. The molecule has 0 fully saturated rings. The number of aromatic amines is 1. The Labute approximate surface area is 105 Å². The van der Waals surface area contributed by atoms with Gasteiger partial charge in [0.1, 0.15) is 6.61 Å². The first kappa shape index (κ1) is 12.7. The molecular weight excluding hydrogens is 234 g/mol. The van der Waals surface area contributed by atoms with Gasteiger partial charge in [-0.3, -0.25) is 10.00 Å². The lowest BCUT2D eigenvalue weighted by Crippen LogP contribution is -2.17. The van der Waals surface area contributed by atoms with Gasteiger partial charge in [0.2, 0.25) is 5.89 Å². The number of aryl methyl sites for hydroxylation is 1. The van der Waals surface area contributed by atoms with Gasteiger partial charge < -0.3 is 9.26 Å². The molecule has 0 amide bonds. The standard InChI is InChI=1S/C11H17N5O2/c1-8-9(4-12-14-8)5-16(2)6-11-13-10(7-17-3)15-18-11/h4H,5-7H2,1-3H3,(H,12,14). The van der Waals surface area contributed by atoms with Crippen molar-refractivity contribution >= 4 is 0 Å². The number of nitrogens with one attached hydrogen (secondary N) is 1. The van der Waals surface area contributed by atoms with Crippen LogP contribution in [-0.2, 0) is 24.4 Å². The fourth-order valence-corrected chi connectivity index (χ4v) is 1.65. The highest BCUT2D eigenvalue weighted by molar-refractivity contribution is 5.13.